The van der Waals surface area contributed by atoms with Gasteiger partial charge in [-0.2, -0.15) is 0 Å². The second kappa shape index (κ2) is 2.03. The van der Waals surface area contributed by atoms with Gasteiger partial charge in [-0.15, -0.1) is 4.68 Å². The summed E-state index contributed by atoms with van der Waals surface area (Å²) < 4.78 is 6.00. The molecule has 0 bridgehead atoms. The van der Waals surface area contributed by atoms with Gasteiger partial charge in [-0.05, 0) is 4.92 Å². The van der Waals surface area contributed by atoms with E-state index in [1.807, 2.05) is 0 Å². The van der Waals surface area contributed by atoms with Crippen LogP contribution < -0.4 is 0 Å². The van der Waals surface area contributed by atoms with Gasteiger partial charge in [0.1, 0.15) is 0 Å². The van der Waals surface area contributed by atoms with Gasteiger partial charge in [-0.25, -0.2) is 0 Å². The highest BCUT2D eigenvalue weighted by atomic mass is 16.6. The van der Waals surface area contributed by atoms with Gasteiger partial charge in [-0.1, -0.05) is 5.16 Å². The van der Waals surface area contributed by atoms with Crippen molar-refractivity contribution in [2.75, 3.05) is 0 Å². The molecule has 0 saturated carbocycles. The average molecular weight is 168 g/mol. The zero-order chi connectivity index (χ0) is 8.72. The number of aromatic nitrogens is 3. The molecular weight excluding hydrogens is 164 g/mol. The minimum absolute atomic E-state index is 0.228. The number of hydrogen-bond donors (Lipinski definition) is 0. The molecule has 2 heterocycles. The van der Waals surface area contributed by atoms with E-state index in [2.05, 4.69) is 10.3 Å². The lowest BCUT2D eigenvalue weighted by atomic mass is 10.4. The summed E-state index contributed by atoms with van der Waals surface area (Å²) in [6.45, 7) is 0. The van der Waals surface area contributed by atoms with Crippen molar-refractivity contribution in [3.63, 3.8) is 0 Å². The summed E-state index contributed by atoms with van der Waals surface area (Å²) in [7, 11) is 1.56. The monoisotopic (exact) mass is 168 g/mol. The lowest BCUT2D eigenvalue weighted by Gasteiger charge is -1.82. The first kappa shape index (κ1) is 6.77. The Balaban J connectivity index is 2.83. The molecule has 12 heavy (non-hydrogen) atoms. The average Bonchev–Trinajstić information content (AvgIpc) is 2.53. The molecule has 0 aliphatic rings. The number of fused-ring (bicyclic) bond motifs is 1. The van der Waals surface area contributed by atoms with E-state index in [-0.39, 0.29) is 5.82 Å². The van der Waals surface area contributed by atoms with E-state index in [9.17, 15) is 10.1 Å². The van der Waals surface area contributed by atoms with Gasteiger partial charge >= 0.3 is 5.82 Å². The fourth-order valence-corrected chi connectivity index (χ4v) is 0.996. The molecule has 0 saturated heterocycles. The molecule has 62 valence electrons. The van der Waals surface area contributed by atoms with E-state index in [0.29, 0.717) is 11.1 Å². The minimum atomic E-state index is -0.570. The molecule has 0 fully saturated rings. The van der Waals surface area contributed by atoms with Crippen molar-refractivity contribution in [2.24, 2.45) is 7.05 Å². The largest absolute Gasteiger partial charge is 0.403 e. The normalized spacial score (nSPS) is 10.8. The van der Waals surface area contributed by atoms with Crippen LogP contribution in [0.4, 0.5) is 5.82 Å². The molecule has 2 aromatic rings. The summed E-state index contributed by atoms with van der Waals surface area (Å²) in [6, 6.07) is 0. The molecule has 0 aliphatic heterocycles. The number of aryl methyl sites for hydroxylation is 1. The van der Waals surface area contributed by atoms with Crippen LogP contribution in [0.5, 0.6) is 0 Å². The molecular formula is C5H4N4O3. The molecule has 7 nitrogen and oxygen atoms in total. The van der Waals surface area contributed by atoms with Crippen molar-refractivity contribution in [2.45, 2.75) is 0 Å². The molecule has 0 unspecified atom stereocenters. The standard InChI is InChI=1S/C5H4N4O3/c1-8-5-3(2-6-12-5)4(7-8)9(10)11/h2H,1H3. The summed E-state index contributed by atoms with van der Waals surface area (Å²) in [5.41, 5.74) is 0.307. The summed E-state index contributed by atoms with van der Waals surface area (Å²) in [5.74, 6) is -0.228. The second-order valence-corrected chi connectivity index (χ2v) is 2.25. The fraction of sp³-hybridized carbons (Fsp3) is 0.200. The van der Waals surface area contributed by atoms with Crippen molar-refractivity contribution in [1.29, 1.82) is 0 Å². The van der Waals surface area contributed by atoms with E-state index >= 15 is 0 Å². The first-order valence-electron chi connectivity index (χ1n) is 3.12. The maximum absolute atomic E-state index is 10.4. The topological polar surface area (TPSA) is 87.0 Å². The maximum Gasteiger partial charge on any atom is 0.403 e. The highest BCUT2D eigenvalue weighted by Crippen LogP contribution is 2.22. The van der Waals surface area contributed by atoms with E-state index < -0.39 is 4.92 Å². The molecule has 0 spiro atoms. The van der Waals surface area contributed by atoms with Crippen LogP contribution in [0.3, 0.4) is 0 Å². The molecule has 2 rings (SSSR count). The molecule has 0 aliphatic carbocycles. The minimum Gasteiger partial charge on any atom is -0.358 e. The zero-order valence-electron chi connectivity index (χ0n) is 6.09. The Morgan fingerprint density at radius 1 is 1.75 bits per heavy atom. The van der Waals surface area contributed by atoms with Crippen LogP contribution in [0.2, 0.25) is 0 Å². The first-order valence-corrected chi connectivity index (χ1v) is 3.12. The van der Waals surface area contributed by atoms with Crippen LogP contribution in [0.1, 0.15) is 0 Å². The Morgan fingerprint density at radius 2 is 2.50 bits per heavy atom. The van der Waals surface area contributed by atoms with Crippen LogP contribution in [-0.4, -0.2) is 19.9 Å². The van der Waals surface area contributed by atoms with Gasteiger partial charge in [0.15, 0.2) is 5.39 Å². The van der Waals surface area contributed by atoms with Gasteiger partial charge in [0.2, 0.25) is 0 Å². The Morgan fingerprint density at radius 3 is 3.17 bits per heavy atom. The molecule has 0 N–H and O–H groups in total. The molecule has 7 heteroatoms. The van der Waals surface area contributed by atoms with Crippen LogP contribution in [0.25, 0.3) is 11.1 Å². The highest BCUT2D eigenvalue weighted by molar-refractivity contribution is 5.81. The third kappa shape index (κ3) is 0.698. The van der Waals surface area contributed by atoms with E-state index in [0.717, 1.165) is 0 Å². The quantitative estimate of drug-likeness (QED) is 0.456. The van der Waals surface area contributed by atoms with E-state index in [1.165, 1.54) is 10.9 Å². The van der Waals surface area contributed by atoms with Gasteiger partial charge in [0.25, 0.3) is 5.71 Å². The molecule has 0 amide bonds. The van der Waals surface area contributed by atoms with Crippen LogP contribution in [0.15, 0.2) is 10.7 Å². The molecule has 0 atom stereocenters. The number of nitrogens with zero attached hydrogens (tertiary/aromatic N) is 4. The molecule has 0 aromatic carbocycles. The predicted octanol–water partition coefficient (Wildman–Crippen LogP) is 0.469. The summed E-state index contributed by atoms with van der Waals surface area (Å²) >= 11 is 0. The Bertz CT molecular complexity index is 442. The maximum atomic E-state index is 10.4. The highest BCUT2D eigenvalue weighted by Gasteiger charge is 2.22. The van der Waals surface area contributed by atoms with Gasteiger partial charge in [0, 0.05) is 0 Å². The third-order valence-corrected chi connectivity index (χ3v) is 1.50. The van der Waals surface area contributed by atoms with Crippen molar-refractivity contribution in [3.8, 4) is 0 Å². The second-order valence-electron chi connectivity index (χ2n) is 2.25. The number of hydrogen-bond acceptors (Lipinski definition) is 5. The van der Waals surface area contributed by atoms with Gasteiger partial charge in [-0.3, -0.25) is 0 Å². The number of rotatable bonds is 1. The SMILES string of the molecule is Cn1nc([N+](=O)[O-])c2cnoc21. The smallest absolute Gasteiger partial charge is 0.358 e. The van der Waals surface area contributed by atoms with Crippen LogP contribution in [-0.2, 0) is 7.05 Å². The van der Waals surface area contributed by atoms with Crippen molar-refractivity contribution >= 4 is 16.9 Å². The van der Waals surface area contributed by atoms with Crippen LogP contribution >= 0.6 is 0 Å². The van der Waals surface area contributed by atoms with Crippen molar-refractivity contribution < 1.29 is 9.45 Å². The lowest BCUT2D eigenvalue weighted by Crippen LogP contribution is -1.93. The molecule has 2 aromatic heterocycles. The Kier molecular flexibility index (Phi) is 1.15. The fourth-order valence-electron chi connectivity index (χ4n) is 0.996. The van der Waals surface area contributed by atoms with Crippen molar-refractivity contribution in [3.05, 3.63) is 16.3 Å². The molecule has 0 radical (unpaired) electrons. The van der Waals surface area contributed by atoms with Gasteiger partial charge in [0.05, 0.1) is 18.3 Å². The Hall–Kier alpha value is -1.92. The lowest BCUT2D eigenvalue weighted by molar-refractivity contribution is -0.388. The summed E-state index contributed by atoms with van der Waals surface area (Å²) in [4.78, 5) is 9.82. The zero-order valence-corrected chi connectivity index (χ0v) is 6.09. The summed E-state index contributed by atoms with van der Waals surface area (Å²) in [5, 5.41) is 17.8. The third-order valence-electron chi connectivity index (χ3n) is 1.50. The number of nitro groups is 1. The van der Waals surface area contributed by atoms with Crippen molar-refractivity contribution in [1.82, 2.24) is 14.9 Å². The first-order chi connectivity index (χ1) is 5.70. The Labute approximate surface area is 65.7 Å². The van der Waals surface area contributed by atoms with Gasteiger partial charge < -0.3 is 14.6 Å². The summed E-state index contributed by atoms with van der Waals surface area (Å²) in [6.07, 6.45) is 1.28. The van der Waals surface area contributed by atoms with E-state index in [1.54, 1.807) is 7.05 Å². The van der Waals surface area contributed by atoms with Crippen LogP contribution in [0, 0.1) is 10.1 Å². The van der Waals surface area contributed by atoms with E-state index in [4.69, 9.17) is 4.52 Å². The predicted molar refractivity (Wildman–Crippen MR) is 37.4 cm³/mol.